The Morgan fingerprint density at radius 1 is 0.356 bits per heavy atom. The molecule has 0 aromatic carbocycles. The molecule has 0 saturated carbocycles. The third-order valence-electron chi connectivity index (χ3n) is 10.8. The molecular weight excluding hydrogens is 733 g/mol. The van der Waals surface area contributed by atoms with E-state index in [1.54, 1.807) is 0 Å². The van der Waals surface area contributed by atoms with E-state index in [2.05, 4.69) is 63.3 Å². The van der Waals surface area contributed by atoms with Crippen LogP contribution in [0.15, 0.2) is 48.6 Å². The van der Waals surface area contributed by atoms with E-state index in [0.717, 1.165) is 64.2 Å². The lowest BCUT2D eigenvalue weighted by Crippen LogP contribution is -2.30. The van der Waals surface area contributed by atoms with Gasteiger partial charge in [0, 0.05) is 19.3 Å². The maximum atomic E-state index is 12.7. The first-order chi connectivity index (χ1) is 29.0. The van der Waals surface area contributed by atoms with Crippen molar-refractivity contribution in [3.63, 3.8) is 0 Å². The van der Waals surface area contributed by atoms with Gasteiger partial charge in [0.15, 0.2) is 6.10 Å². The number of hydrogen-bond acceptors (Lipinski definition) is 6. The Labute approximate surface area is 365 Å². The van der Waals surface area contributed by atoms with Crippen molar-refractivity contribution in [1.82, 2.24) is 0 Å². The van der Waals surface area contributed by atoms with Crippen LogP contribution in [0.1, 0.15) is 252 Å². The molecule has 6 heteroatoms. The van der Waals surface area contributed by atoms with E-state index in [4.69, 9.17) is 14.2 Å². The van der Waals surface area contributed by atoms with Gasteiger partial charge in [-0.25, -0.2) is 0 Å². The number of allylic oxidation sites excluding steroid dienone is 8. The lowest BCUT2D eigenvalue weighted by atomic mass is 10.0. The normalized spacial score (nSPS) is 12.4. The van der Waals surface area contributed by atoms with Gasteiger partial charge in [-0.1, -0.05) is 223 Å². The van der Waals surface area contributed by atoms with Crippen molar-refractivity contribution in [3.8, 4) is 0 Å². The molecule has 59 heavy (non-hydrogen) atoms. The highest BCUT2D eigenvalue weighted by atomic mass is 16.6. The monoisotopic (exact) mass is 827 g/mol. The van der Waals surface area contributed by atoms with Crippen LogP contribution in [0.2, 0.25) is 0 Å². The fourth-order valence-corrected chi connectivity index (χ4v) is 7.00. The Hall–Kier alpha value is -2.63. The summed E-state index contributed by atoms with van der Waals surface area (Å²) in [4.78, 5) is 37.8. The number of esters is 3. The van der Waals surface area contributed by atoms with Crippen molar-refractivity contribution in [1.29, 1.82) is 0 Å². The first kappa shape index (κ1) is 56.4. The largest absolute Gasteiger partial charge is 0.462 e. The van der Waals surface area contributed by atoms with Crippen LogP contribution in [-0.4, -0.2) is 37.2 Å². The molecule has 0 aliphatic carbocycles. The van der Waals surface area contributed by atoms with E-state index < -0.39 is 6.10 Å². The third-order valence-corrected chi connectivity index (χ3v) is 10.8. The molecule has 0 fully saturated rings. The fourth-order valence-electron chi connectivity index (χ4n) is 7.00. The second kappa shape index (κ2) is 48.0. The molecule has 0 amide bonds. The summed E-state index contributed by atoms with van der Waals surface area (Å²) < 4.78 is 16.7. The highest BCUT2D eigenvalue weighted by Crippen LogP contribution is 2.15. The topological polar surface area (TPSA) is 78.9 Å². The lowest BCUT2D eigenvalue weighted by Gasteiger charge is -2.18. The highest BCUT2D eigenvalue weighted by molar-refractivity contribution is 5.71. The molecule has 1 unspecified atom stereocenters. The minimum atomic E-state index is -0.810. The van der Waals surface area contributed by atoms with Crippen molar-refractivity contribution in [2.45, 2.75) is 258 Å². The average Bonchev–Trinajstić information content (AvgIpc) is 3.23. The van der Waals surface area contributed by atoms with Gasteiger partial charge in [0.2, 0.25) is 0 Å². The minimum absolute atomic E-state index is 0.102. The molecule has 0 radical (unpaired) electrons. The van der Waals surface area contributed by atoms with E-state index >= 15 is 0 Å². The second-order valence-electron chi connectivity index (χ2n) is 16.8. The fraction of sp³-hybridized carbons (Fsp3) is 0.792. The highest BCUT2D eigenvalue weighted by Gasteiger charge is 2.19. The standard InChI is InChI=1S/C53H94O6/c1-4-7-10-13-16-19-22-24-25-26-27-29-31-34-37-40-43-46-52(55)58-49-50(48-57-51(54)45-42-39-36-33-30-21-18-15-12-9-6-3)59-53(56)47-44-41-38-35-32-28-23-20-17-14-11-8-5-2/h15,18,21,28,30,32,38,41,50H,4-14,16-17,19-20,22-27,29,31,33-37,39-40,42-49H2,1-3H3/b18-15-,30-21-,32-28-,41-38-. The smallest absolute Gasteiger partial charge is 0.306 e. The molecule has 0 aromatic heterocycles. The van der Waals surface area contributed by atoms with Gasteiger partial charge in [0.1, 0.15) is 13.2 Å². The van der Waals surface area contributed by atoms with Gasteiger partial charge < -0.3 is 14.2 Å². The second-order valence-corrected chi connectivity index (χ2v) is 16.8. The van der Waals surface area contributed by atoms with Crippen LogP contribution in [0.5, 0.6) is 0 Å². The Morgan fingerprint density at radius 3 is 1.17 bits per heavy atom. The van der Waals surface area contributed by atoms with Crippen LogP contribution in [0, 0.1) is 0 Å². The Bertz CT molecular complexity index is 1040. The summed E-state index contributed by atoms with van der Waals surface area (Å²) in [5.74, 6) is -0.995. The molecule has 0 aliphatic heterocycles. The molecule has 0 rings (SSSR count). The lowest BCUT2D eigenvalue weighted by molar-refractivity contribution is -0.166. The number of carbonyl (C=O) groups excluding carboxylic acids is 3. The number of ether oxygens (including phenoxy) is 3. The number of carbonyl (C=O) groups is 3. The molecule has 0 spiro atoms. The predicted molar refractivity (Wildman–Crippen MR) is 252 cm³/mol. The zero-order valence-corrected chi connectivity index (χ0v) is 39.0. The molecule has 0 heterocycles. The minimum Gasteiger partial charge on any atom is -0.462 e. The summed E-state index contributed by atoms with van der Waals surface area (Å²) >= 11 is 0. The summed E-state index contributed by atoms with van der Waals surface area (Å²) in [6.07, 6.45) is 56.8. The molecule has 0 aromatic rings. The summed E-state index contributed by atoms with van der Waals surface area (Å²) in [7, 11) is 0. The third kappa shape index (κ3) is 46.3. The molecular formula is C53H94O6. The summed E-state index contributed by atoms with van der Waals surface area (Å²) in [6.45, 7) is 6.51. The van der Waals surface area contributed by atoms with Gasteiger partial charge >= 0.3 is 17.9 Å². The Morgan fingerprint density at radius 2 is 0.712 bits per heavy atom. The zero-order chi connectivity index (χ0) is 43.0. The van der Waals surface area contributed by atoms with E-state index in [1.165, 1.54) is 141 Å². The maximum absolute atomic E-state index is 12.7. The molecule has 0 N–H and O–H groups in total. The van der Waals surface area contributed by atoms with Gasteiger partial charge in [-0.15, -0.1) is 0 Å². The van der Waals surface area contributed by atoms with Crippen molar-refractivity contribution < 1.29 is 28.6 Å². The van der Waals surface area contributed by atoms with E-state index in [9.17, 15) is 14.4 Å². The van der Waals surface area contributed by atoms with Gasteiger partial charge in [-0.3, -0.25) is 14.4 Å². The van der Waals surface area contributed by atoms with E-state index in [1.807, 2.05) is 6.08 Å². The van der Waals surface area contributed by atoms with Crippen molar-refractivity contribution >= 4 is 17.9 Å². The Balaban J connectivity index is 4.40. The number of rotatable bonds is 45. The average molecular weight is 827 g/mol. The van der Waals surface area contributed by atoms with Gasteiger partial charge in [-0.2, -0.15) is 0 Å². The van der Waals surface area contributed by atoms with Crippen LogP contribution in [0.4, 0.5) is 0 Å². The van der Waals surface area contributed by atoms with Crippen LogP contribution in [0.3, 0.4) is 0 Å². The summed E-state index contributed by atoms with van der Waals surface area (Å²) in [5, 5.41) is 0. The van der Waals surface area contributed by atoms with Crippen molar-refractivity contribution in [2.75, 3.05) is 13.2 Å². The van der Waals surface area contributed by atoms with E-state index in [-0.39, 0.29) is 37.5 Å². The van der Waals surface area contributed by atoms with E-state index in [0.29, 0.717) is 19.3 Å². The molecule has 0 bridgehead atoms. The van der Waals surface area contributed by atoms with Crippen LogP contribution < -0.4 is 0 Å². The van der Waals surface area contributed by atoms with Crippen LogP contribution in [0.25, 0.3) is 0 Å². The maximum Gasteiger partial charge on any atom is 0.306 e. The van der Waals surface area contributed by atoms with Crippen LogP contribution in [-0.2, 0) is 28.6 Å². The first-order valence-corrected chi connectivity index (χ1v) is 25.2. The van der Waals surface area contributed by atoms with Crippen molar-refractivity contribution in [3.05, 3.63) is 48.6 Å². The molecule has 0 aliphatic rings. The number of unbranched alkanes of at least 4 members (excludes halogenated alkanes) is 27. The molecule has 342 valence electrons. The van der Waals surface area contributed by atoms with Gasteiger partial charge in [0.25, 0.3) is 0 Å². The molecule has 0 saturated heterocycles. The van der Waals surface area contributed by atoms with Gasteiger partial charge in [-0.05, 0) is 57.8 Å². The molecule has 6 nitrogen and oxygen atoms in total. The summed E-state index contributed by atoms with van der Waals surface area (Å²) in [5.41, 5.74) is 0. The van der Waals surface area contributed by atoms with Gasteiger partial charge in [0.05, 0.1) is 0 Å². The number of hydrogen-bond donors (Lipinski definition) is 0. The zero-order valence-electron chi connectivity index (χ0n) is 39.0. The predicted octanol–water partition coefficient (Wildman–Crippen LogP) is 16.3. The SMILES string of the molecule is CCCC/C=C\C=C/CCCCCC(=O)OCC(COC(=O)CCCCCCCCCCCCCCCCCCC)OC(=O)CC/C=C\C/C=C\CCCCCCCC. The van der Waals surface area contributed by atoms with Crippen molar-refractivity contribution in [2.24, 2.45) is 0 Å². The molecule has 1 atom stereocenters. The summed E-state index contributed by atoms with van der Waals surface area (Å²) in [6, 6.07) is 0. The van der Waals surface area contributed by atoms with Crippen LogP contribution >= 0.6 is 0 Å². The first-order valence-electron chi connectivity index (χ1n) is 25.2. The quantitative estimate of drug-likeness (QED) is 0.0200. The Kier molecular flexibility index (Phi) is 45.9.